The fourth-order valence-electron chi connectivity index (χ4n) is 2.39. The summed E-state index contributed by atoms with van der Waals surface area (Å²) in [6.07, 6.45) is -3.80. The summed E-state index contributed by atoms with van der Waals surface area (Å²) in [5, 5.41) is 2.94. The number of nitrogens with zero attached hydrogens (tertiary/aromatic N) is 4. The zero-order chi connectivity index (χ0) is 17.9. The third-order valence-corrected chi connectivity index (χ3v) is 3.72. The lowest BCUT2D eigenvalue weighted by Gasteiger charge is -2.31. The normalized spacial score (nSPS) is 16.0. The lowest BCUT2D eigenvalue weighted by atomic mass is 10.1. The van der Waals surface area contributed by atoms with Gasteiger partial charge in [-0.1, -0.05) is 0 Å². The highest BCUT2D eigenvalue weighted by Crippen LogP contribution is 2.30. The Morgan fingerprint density at radius 3 is 2.46 bits per heavy atom. The number of aromatic nitrogens is 2. The van der Waals surface area contributed by atoms with Gasteiger partial charge in [0.25, 0.3) is 0 Å². The summed E-state index contributed by atoms with van der Waals surface area (Å²) in [6.45, 7) is 0.924. The number of piperidine rings is 1. The third kappa shape index (κ3) is 4.39. The number of anilines is 2. The van der Waals surface area contributed by atoms with Gasteiger partial charge in [-0.3, -0.25) is 0 Å². The van der Waals surface area contributed by atoms with Crippen LogP contribution >= 0.6 is 0 Å². The molecule has 7 nitrogen and oxygen atoms in total. The predicted octanol–water partition coefficient (Wildman–Crippen LogP) is 2.20. The summed E-state index contributed by atoms with van der Waals surface area (Å²) in [5.74, 6) is 0.108. The predicted molar refractivity (Wildman–Crippen MR) is 82.0 cm³/mol. The van der Waals surface area contributed by atoms with Crippen LogP contribution in [-0.2, 0) is 10.9 Å². The number of nitrogens with one attached hydrogen (secondary N) is 1. The number of alkyl halides is 3. The average molecular weight is 347 g/mol. The van der Waals surface area contributed by atoms with Crippen molar-refractivity contribution < 1.29 is 22.7 Å². The van der Waals surface area contributed by atoms with Crippen LogP contribution in [0.3, 0.4) is 0 Å². The van der Waals surface area contributed by atoms with Crippen molar-refractivity contribution in [3.63, 3.8) is 0 Å². The van der Waals surface area contributed by atoms with Crippen LogP contribution in [-0.4, -0.2) is 61.3 Å². The van der Waals surface area contributed by atoms with Crippen molar-refractivity contribution in [1.82, 2.24) is 14.9 Å². The summed E-state index contributed by atoms with van der Waals surface area (Å²) in [7, 11) is 4.54. The molecule has 1 aromatic rings. The minimum absolute atomic E-state index is 0.0648. The molecule has 0 spiro atoms. The number of carbonyl (C=O) groups is 1. The molecule has 0 aliphatic carbocycles. The Labute approximate surface area is 137 Å². The molecule has 1 aliphatic heterocycles. The number of halogens is 3. The lowest BCUT2D eigenvalue weighted by molar-refractivity contribution is -0.141. The van der Waals surface area contributed by atoms with Gasteiger partial charge in [0, 0.05) is 39.3 Å². The van der Waals surface area contributed by atoms with Crippen LogP contribution in [0, 0.1) is 0 Å². The highest BCUT2D eigenvalue weighted by Gasteiger charge is 2.34. The lowest BCUT2D eigenvalue weighted by Crippen LogP contribution is -2.42. The number of likely N-dealkylation sites (tertiary alicyclic amines) is 1. The molecule has 0 unspecified atom stereocenters. The topological polar surface area (TPSA) is 70.6 Å². The molecule has 1 aromatic heterocycles. The highest BCUT2D eigenvalue weighted by atomic mass is 19.4. The van der Waals surface area contributed by atoms with Gasteiger partial charge in [-0.05, 0) is 12.8 Å². The van der Waals surface area contributed by atoms with E-state index in [1.54, 1.807) is 19.0 Å². The number of carbonyl (C=O) groups excluding carboxylic acids is 1. The first-order valence-electron chi connectivity index (χ1n) is 7.43. The Kier molecular flexibility index (Phi) is 5.35. The fourth-order valence-corrected chi connectivity index (χ4v) is 2.39. The molecule has 1 amide bonds. The first-order valence-corrected chi connectivity index (χ1v) is 7.43. The summed E-state index contributed by atoms with van der Waals surface area (Å²) in [4.78, 5) is 22.2. The van der Waals surface area contributed by atoms with E-state index >= 15 is 0 Å². The molecule has 24 heavy (non-hydrogen) atoms. The summed E-state index contributed by atoms with van der Waals surface area (Å²) in [6, 6.07) is 0.801. The van der Waals surface area contributed by atoms with E-state index in [4.69, 9.17) is 0 Å². The summed E-state index contributed by atoms with van der Waals surface area (Å²) in [5.41, 5.74) is -0.990. The van der Waals surface area contributed by atoms with Crippen molar-refractivity contribution in [2.45, 2.75) is 25.1 Å². The van der Waals surface area contributed by atoms with E-state index in [2.05, 4.69) is 20.0 Å². The standard InChI is InChI=1S/C14H20F3N5O2/c1-21(2)11-8-10(14(15,16)17)19-12(20-11)18-9-4-6-22(7-5-9)13(23)24-3/h8-9H,4-7H2,1-3H3,(H,18,19,20). The number of ether oxygens (including phenoxy) is 1. The van der Waals surface area contributed by atoms with Crippen molar-refractivity contribution in [3.05, 3.63) is 11.8 Å². The first kappa shape index (κ1) is 18.1. The monoisotopic (exact) mass is 347 g/mol. The van der Waals surface area contributed by atoms with E-state index in [-0.39, 0.29) is 17.8 Å². The second-order valence-electron chi connectivity index (χ2n) is 5.70. The van der Waals surface area contributed by atoms with E-state index in [0.717, 1.165) is 6.07 Å². The summed E-state index contributed by atoms with van der Waals surface area (Å²) >= 11 is 0. The average Bonchev–Trinajstić information content (AvgIpc) is 2.53. The molecule has 0 saturated carbocycles. The number of hydrogen-bond acceptors (Lipinski definition) is 6. The largest absolute Gasteiger partial charge is 0.453 e. The summed E-state index contributed by atoms with van der Waals surface area (Å²) < 4.78 is 43.6. The molecule has 1 N–H and O–H groups in total. The molecule has 0 radical (unpaired) electrons. The number of rotatable bonds is 3. The van der Waals surface area contributed by atoms with Gasteiger partial charge < -0.3 is 19.9 Å². The van der Waals surface area contributed by atoms with Crippen LogP contribution in [0.1, 0.15) is 18.5 Å². The van der Waals surface area contributed by atoms with Crippen LogP contribution in [0.15, 0.2) is 6.07 Å². The van der Waals surface area contributed by atoms with Crippen molar-refractivity contribution in [1.29, 1.82) is 0 Å². The van der Waals surface area contributed by atoms with Gasteiger partial charge in [0.1, 0.15) is 5.82 Å². The van der Waals surface area contributed by atoms with Crippen LogP contribution in [0.2, 0.25) is 0 Å². The van der Waals surface area contributed by atoms with Crippen LogP contribution in [0.5, 0.6) is 0 Å². The molecule has 10 heteroatoms. The Morgan fingerprint density at radius 2 is 1.96 bits per heavy atom. The van der Waals surface area contributed by atoms with Gasteiger partial charge in [0.15, 0.2) is 5.69 Å². The van der Waals surface area contributed by atoms with Gasteiger partial charge in [0.05, 0.1) is 7.11 Å². The smallest absolute Gasteiger partial charge is 0.433 e. The van der Waals surface area contributed by atoms with Crippen LogP contribution in [0.4, 0.5) is 29.7 Å². The van der Waals surface area contributed by atoms with Crippen LogP contribution < -0.4 is 10.2 Å². The van der Waals surface area contributed by atoms with Crippen LogP contribution in [0.25, 0.3) is 0 Å². The maximum absolute atomic E-state index is 13.0. The molecule has 0 atom stereocenters. The second kappa shape index (κ2) is 7.10. The van der Waals surface area contributed by atoms with Crippen molar-refractivity contribution in [2.24, 2.45) is 0 Å². The van der Waals surface area contributed by atoms with Gasteiger partial charge in [-0.25, -0.2) is 9.78 Å². The second-order valence-corrected chi connectivity index (χ2v) is 5.70. The van der Waals surface area contributed by atoms with E-state index in [0.29, 0.717) is 25.9 Å². The van der Waals surface area contributed by atoms with Crippen molar-refractivity contribution in [2.75, 3.05) is 44.5 Å². The molecular weight excluding hydrogens is 327 g/mol. The van der Waals surface area contributed by atoms with Crippen molar-refractivity contribution >= 4 is 17.9 Å². The van der Waals surface area contributed by atoms with Crippen molar-refractivity contribution in [3.8, 4) is 0 Å². The first-order chi connectivity index (χ1) is 11.2. The highest BCUT2D eigenvalue weighted by molar-refractivity contribution is 5.67. The molecule has 2 heterocycles. The molecule has 0 aromatic carbocycles. The Hall–Kier alpha value is -2.26. The third-order valence-electron chi connectivity index (χ3n) is 3.72. The molecule has 134 valence electrons. The van der Waals surface area contributed by atoms with E-state index < -0.39 is 18.0 Å². The van der Waals surface area contributed by atoms with E-state index in [1.807, 2.05) is 0 Å². The minimum Gasteiger partial charge on any atom is -0.453 e. The molecule has 2 rings (SSSR count). The molecule has 0 bridgehead atoms. The maximum Gasteiger partial charge on any atom is 0.433 e. The zero-order valence-corrected chi connectivity index (χ0v) is 13.7. The van der Waals surface area contributed by atoms with E-state index in [9.17, 15) is 18.0 Å². The number of methoxy groups -OCH3 is 1. The van der Waals surface area contributed by atoms with Gasteiger partial charge in [-0.2, -0.15) is 18.2 Å². The zero-order valence-electron chi connectivity index (χ0n) is 13.7. The molecular formula is C14H20F3N5O2. The molecule has 1 fully saturated rings. The Morgan fingerprint density at radius 1 is 1.33 bits per heavy atom. The Balaban J connectivity index is 2.10. The minimum atomic E-state index is -4.54. The number of hydrogen-bond donors (Lipinski definition) is 1. The SMILES string of the molecule is COC(=O)N1CCC(Nc2nc(N(C)C)cc(C(F)(F)F)n2)CC1. The fraction of sp³-hybridized carbons (Fsp3) is 0.643. The van der Waals surface area contributed by atoms with Gasteiger partial charge in [-0.15, -0.1) is 0 Å². The van der Waals surface area contributed by atoms with E-state index in [1.165, 1.54) is 12.0 Å². The Bertz CT molecular complexity index is 586. The molecule has 1 saturated heterocycles. The maximum atomic E-state index is 13.0. The molecule has 1 aliphatic rings. The number of amides is 1. The van der Waals surface area contributed by atoms with Gasteiger partial charge >= 0.3 is 12.3 Å². The van der Waals surface area contributed by atoms with Gasteiger partial charge in [0.2, 0.25) is 5.95 Å². The quantitative estimate of drug-likeness (QED) is 0.904.